The van der Waals surface area contributed by atoms with E-state index in [0.717, 1.165) is 11.3 Å². The topological polar surface area (TPSA) is 117 Å². The number of hydrogen-bond acceptors (Lipinski definition) is 8. The molecular weight excluding hydrogens is 518 g/mol. The Hall–Kier alpha value is -4.28. The number of nitro groups is 1. The second-order valence-corrected chi connectivity index (χ2v) is 9.52. The van der Waals surface area contributed by atoms with Crippen LogP contribution in [-0.2, 0) is 9.53 Å². The second kappa shape index (κ2) is 9.64. The SMILES string of the molecule is COC(=O)C1=C(C)N=c2sc(=Cc3ccc(-c4cccc([N+](=O)[O-])c4)o3)c(=O)n2C1c1ccccc1Cl. The minimum absolute atomic E-state index is 0.0555. The predicted octanol–water partition coefficient (Wildman–Crippen LogP) is 4.23. The number of aromatic nitrogens is 1. The first-order chi connectivity index (χ1) is 17.8. The number of fused-ring (bicyclic) bond motifs is 1. The summed E-state index contributed by atoms with van der Waals surface area (Å²) in [6, 6.07) is 15.6. The van der Waals surface area contributed by atoms with Crippen molar-refractivity contribution in [1.82, 2.24) is 4.57 Å². The van der Waals surface area contributed by atoms with Crippen LogP contribution < -0.4 is 14.9 Å². The number of thiazole rings is 1. The summed E-state index contributed by atoms with van der Waals surface area (Å²) in [5, 5.41) is 11.5. The number of carbonyl (C=O) groups is 1. The Balaban J connectivity index is 1.64. The van der Waals surface area contributed by atoms with Gasteiger partial charge in [-0.3, -0.25) is 19.5 Å². The summed E-state index contributed by atoms with van der Waals surface area (Å²) in [6.07, 6.45) is 1.57. The quantitative estimate of drug-likeness (QED) is 0.214. The molecule has 0 aliphatic carbocycles. The third kappa shape index (κ3) is 4.41. The van der Waals surface area contributed by atoms with Crippen LogP contribution in [0.25, 0.3) is 17.4 Å². The first-order valence-electron chi connectivity index (χ1n) is 11.0. The van der Waals surface area contributed by atoms with E-state index in [1.807, 2.05) is 0 Å². The first kappa shape index (κ1) is 24.4. The number of ether oxygens (including phenoxy) is 1. The third-order valence-electron chi connectivity index (χ3n) is 5.87. The van der Waals surface area contributed by atoms with Gasteiger partial charge in [-0.2, -0.15) is 0 Å². The highest BCUT2D eigenvalue weighted by Gasteiger charge is 2.34. The van der Waals surface area contributed by atoms with Crippen molar-refractivity contribution in [2.75, 3.05) is 7.11 Å². The smallest absolute Gasteiger partial charge is 0.338 e. The molecule has 4 aromatic rings. The molecule has 0 fully saturated rings. The molecule has 5 rings (SSSR count). The molecule has 1 unspecified atom stereocenters. The lowest BCUT2D eigenvalue weighted by molar-refractivity contribution is -0.384. The lowest BCUT2D eigenvalue weighted by Crippen LogP contribution is -2.39. The molecule has 9 nitrogen and oxygen atoms in total. The number of esters is 1. The molecule has 0 bridgehead atoms. The molecular formula is C26H18ClN3O6S. The molecule has 37 heavy (non-hydrogen) atoms. The maximum atomic E-state index is 13.6. The number of nitrogens with zero attached hydrogens (tertiary/aromatic N) is 3. The van der Waals surface area contributed by atoms with Crippen LogP contribution >= 0.6 is 22.9 Å². The molecule has 1 aliphatic heterocycles. The third-order valence-corrected chi connectivity index (χ3v) is 7.20. The molecule has 0 saturated heterocycles. The number of benzene rings is 2. The predicted molar refractivity (Wildman–Crippen MR) is 138 cm³/mol. The van der Waals surface area contributed by atoms with Crippen molar-refractivity contribution in [2.24, 2.45) is 4.99 Å². The highest BCUT2D eigenvalue weighted by atomic mass is 35.5. The highest BCUT2D eigenvalue weighted by molar-refractivity contribution is 7.07. The summed E-state index contributed by atoms with van der Waals surface area (Å²) >= 11 is 7.63. The summed E-state index contributed by atoms with van der Waals surface area (Å²) in [6.45, 7) is 1.69. The van der Waals surface area contributed by atoms with Gasteiger partial charge in [-0.25, -0.2) is 9.79 Å². The molecule has 2 aromatic heterocycles. The molecule has 0 N–H and O–H groups in total. The number of hydrogen-bond donors (Lipinski definition) is 0. The van der Waals surface area contributed by atoms with Gasteiger partial charge in [0.05, 0.1) is 27.8 Å². The molecule has 11 heteroatoms. The zero-order valence-electron chi connectivity index (χ0n) is 19.5. The fraction of sp³-hybridized carbons (Fsp3) is 0.115. The Labute approximate surface area is 218 Å². The Kier molecular flexibility index (Phi) is 6.36. The molecule has 1 aliphatic rings. The Morgan fingerprint density at radius 1 is 1.22 bits per heavy atom. The van der Waals surface area contributed by atoms with Gasteiger partial charge in [0, 0.05) is 28.8 Å². The summed E-state index contributed by atoms with van der Waals surface area (Å²) < 4.78 is 12.6. The largest absolute Gasteiger partial charge is 0.466 e. The second-order valence-electron chi connectivity index (χ2n) is 8.10. The number of allylic oxidation sites excluding steroid dienone is 1. The number of methoxy groups -OCH3 is 1. The molecule has 3 heterocycles. The van der Waals surface area contributed by atoms with E-state index in [1.54, 1.807) is 61.5 Å². The van der Waals surface area contributed by atoms with Gasteiger partial charge in [0.1, 0.15) is 17.6 Å². The first-order valence-corrected chi connectivity index (χ1v) is 12.2. The number of non-ortho nitro benzene ring substituents is 1. The Morgan fingerprint density at radius 3 is 2.73 bits per heavy atom. The number of halogens is 1. The number of furan rings is 1. The number of carbonyl (C=O) groups excluding carboxylic acids is 1. The van der Waals surface area contributed by atoms with Crippen LogP contribution in [0.15, 0.2) is 86.1 Å². The van der Waals surface area contributed by atoms with Gasteiger partial charge in [0.15, 0.2) is 4.80 Å². The van der Waals surface area contributed by atoms with E-state index in [1.165, 1.54) is 23.8 Å². The van der Waals surface area contributed by atoms with Crippen molar-refractivity contribution >= 4 is 40.7 Å². The van der Waals surface area contributed by atoms with Crippen LogP contribution in [0, 0.1) is 10.1 Å². The van der Waals surface area contributed by atoms with Gasteiger partial charge in [-0.1, -0.05) is 53.3 Å². The zero-order chi connectivity index (χ0) is 26.3. The molecule has 0 amide bonds. The van der Waals surface area contributed by atoms with Gasteiger partial charge in [0.25, 0.3) is 11.2 Å². The minimum atomic E-state index is -0.823. The van der Waals surface area contributed by atoms with Gasteiger partial charge in [-0.05, 0) is 30.7 Å². The van der Waals surface area contributed by atoms with Crippen LogP contribution in [0.4, 0.5) is 5.69 Å². The lowest BCUT2D eigenvalue weighted by atomic mass is 9.96. The number of rotatable bonds is 5. The zero-order valence-corrected chi connectivity index (χ0v) is 21.1. The monoisotopic (exact) mass is 535 g/mol. The van der Waals surface area contributed by atoms with Gasteiger partial charge in [-0.15, -0.1) is 0 Å². The normalized spacial score (nSPS) is 15.3. The molecule has 0 saturated carbocycles. The average molecular weight is 536 g/mol. The molecule has 1 atom stereocenters. The summed E-state index contributed by atoms with van der Waals surface area (Å²) in [7, 11) is 1.27. The van der Waals surface area contributed by atoms with Crippen LogP contribution in [0.1, 0.15) is 24.3 Å². The highest BCUT2D eigenvalue weighted by Crippen LogP contribution is 2.34. The number of nitro benzene ring substituents is 1. The molecule has 2 aromatic carbocycles. The van der Waals surface area contributed by atoms with E-state index in [9.17, 15) is 19.7 Å². The van der Waals surface area contributed by atoms with E-state index in [2.05, 4.69) is 4.99 Å². The summed E-state index contributed by atoms with van der Waals surface area (Å²) in [5.74, 6) is 0.193. The van der Waals surface area contributed by atoms with Crippen molar-refractivity contribution in [2.45, 2.75) is 13.0 Å². The van der Waals surface area contributed by atoms with Crippen molar-refractivity contribution in [3.8, 4) is 11.3 Å². The van der Waals surface area contributed by atoms with E-state index < -0.39 is 16.9 Å². The molecule has 0 spiro atoms. The minimum Gasteiger partial charge on any atom is -0.466 e. The standard InChI is InChI=1S/C26H18ClN3O6S/c1-14-22(25(32)35-2)23(18-8-3-4-9-19(18)27)29-24(31)21(37-26(29)28-14)13-17-10-11-20(36-17)15-6-5-7-16(12-15)30(33)34/h3-13,23H,1-2H3. The van der Waals surface area contributed by atoms with Crippen molar-refractivity contribution in [3.05, 3.63) is 118 Å². The molecule has 0 radical (unpaired) electrons. The Morgan fingerprint density at radius 2 is 2.00 bits per heavy atom. The average Bonchev–Trinajstić information content (AvgIpc) is 3.48. The van der Waals surface area contributed by atoms with E-state index in [4.69, 9.17) is 20.8 Å². The maximum Gasteiger partial charge on any atom is 0.338 e. The van der Waals surface area contributed by atoms with Crippen molar-refractivity contribution < 1.29 is 18.9 Å². The van der Waals surface area contributed by atoms with Gasteiger partial charge in [0.2, 0.25) is 0 Å². The molecule has 186 valence electrons. The van der Waals surface area contributed by atoms with Crippen LogP contribution in [0.3, 0.4) is 0 Å². The fourth-order valence-corrected chi connectivity index (χ4v) is 5.44. The van der Waals surface area contributed by atoms with E-state index in [0.29, 0.717) is 42.7 Å². The van der Waals surface area contributed by atoms with Crippen LogP contribution in [0.2, 0.25) is 5.02 Å². The van der Waals surface area contributed by atoms with Gasteiger partial charge >= 0.3 is 5.97 Å². The summed E-state index contributed by atoms with van der Waals surface area (Å²) in [4.78, 5) is 41.9. The Bertz CT molecular complexity index is 1780. The maximum absolute atomic E-state index is 13.6. The fourth-order valence-electron chi connectivity index (χ4n) is 4.17. The van der Waals surface area contributed by atoms with Crippen molar-refractivity contribution in [3.63, 3.8) is 0 Å². The lowest BCUT2D eigenvalue weighted by Gasteiger charge is -2.25. The van der Waals surface area contributed by atoms with Gasteiger partial charge < -0.3 is 9.15 Å². The van der Waals surface area contributed by atoms with Crippen LogP contribution in [-0.4, -0.2) is 22.6 Å². The van der Waals surface area contributed by atoms with E-state index >= 15 is 0 Å². The van der Waals surface area contributed by atoms with Crippen molar-refractivity contribution in [1.29, 1.82) is 0 Å². The summed E-state index contributed by atoms with van der Waals surface area (Å²) in [5.41, 5.74) is 1.32. The van der Waals surface area contributed by atoms with Crippen LogP contribution in [0.5, 0.6) is 0 Å². The van der Waals surface area contributed by atoms with E-state index in [-0.39, 0.29) is 16.8 Å².